The van der Waals surface area contributed by atoms with E-state index in [1.165, 1.54) is 0 Å². The Bertz CT molecular complexity index is 1000. The number of carbonyl (C=O) groups excluding carboxylic acids is 1. The average Bonchev–Trinajstić information content (AvgIpc) is 2.57. The Morgan fingerprint density at radius 1 is 0.960 bits per heavy atom. The fraction of sp³-hybridized carbons (Fsp3) is 0.238. The molecule has 0 radical (unpaired) electrons. The molecule has 0 saturated heterocycles. The molecule has 4 heteroatoms. The molecular weight excluding hydrogens is 312 g/mol. The van der Waals surface area contributed by atoms with Crippen LogP contribution >= 0.6 is 0 Å². The SMILES string of the molecule is Cc1ccccc1NC(=O)CCn1c(=O)cc(C)c2cccc(C)c21. The van der Waals surface area contributed by atoms with E-state index in [2.05, 4.69) is 5.32 Å². The van der Waals surface area contributed by atoms with Crippen LogP contribution < -0.4 is 10.9 Å². The fourth-order valence-electron chi connectivity index (χ4n) is 3.15. The normalized spacial score (nSPS) is 10.8. The standard InChI is InChI=1S/C21H22N2O2/c1-14-7-4-5-10-18(14)22-19(24)11-12-23-20(25)13-16(3)17-9-6-8-15(2)21(17)23/h4-10,13H,11-12H2,1-3H3,(H,22,24). The van der Waals surface area contributed by atoms with Crippen LogP contribution in [0.15, 0.2) is 53.3 Å². The lowest BCUT2D eigenvalue weighted by Gasteiger charge is -2.14. The summed E-state index contributed by atoms with van der Waals surface area (Å²) in [6.07, 6.45) is 0.251. The summed E-state index contributed by atoms with van der Waals surface area (Å²) in [7, 11) is 0. The van der Waals surface area contributed by atoms with Crippen LogP contribution in [0.1, 0.15) is 23.1 Å². The number of aryl methyl sites for hydroxylation is 4. The van der Waals surface area contributed by atoms with E-state index in [9.17, 15) is 9.59 Å². The second-order valence-corrected chi connectivity index (χ2v) is 6.40. The third-order valence-electron chi connectivity index (χ3n) is 4.52. The minimum absolute atomic E-state index is 0.0667. The van der Waals surface area contributed by atoms with Gasteiger partial charge in [0.05, 0.1) is 5.52 Å². The maximum absolute atomic E-state index is 12.5. The van der Waals surface area contributed by atoms with E-state index >= 15 is 0 Å². The Kier molecular flexibility index (Phi) is 4.70. The maximum Gasteiger partial charge on any atom is 0.251 e. The van der Waals surface area contributed by atoms with Crippen LogP contribution in [0, 0.1) is 20.8 Å². The summed E-state index contributed by atoms with van der Waals surface area (Å²) < 4.78 is 1.70. The Morgan fingerprint density at radius 2 is 1.68 bits per heavy atom. The van der Waals surface area contributed by atoms with E-state index in [0.717, 1.165) is 33.3 Å². The first kappa shape index (κ1) is 17.0. The molecule has 1 aromatic heterocycles. The molecule has 3 aromatic rings. The Morgan fingerprint density at radius 3 is 2.44 bits per heavy atom. The summed E-state index contributed by atoms with van der Waals surface area (Å²) in [5, 5.41) is 3.97. The van der Waals surface area contributed by atoms with Crippen LogP contribution in [-0.2, 0) is 11.3 Å². The maximum atomic E-state index is 12.5. The number of aromatic nitrogens is 1. The van der Waals surface area contributed by atoms with Gasteiger partial charge < -0.3 is 9.88 Å². The highest BCUT2D eigenvalue weighted by molar-refractivity contribution is 5.91. The average molecular weight is 334 g/mol. The van der Waals surface area contributed by atoms with E-state index in [-0.39, 0.29) is 17.9 Å². The molecule has 1 heterocycles. The fourth-order valence-corrected chi connectivity index (χ4v) is 3.15. The zero-order valence-corrected chi connectivity index (χ0v) is 14.8. The number of anilines is 1. The van der Waals surface area contributed by atoms with Crippen molar-refractivity contribution in [1.29, 1.82) is 0 Å². The summed E-state index contributed by atoms with van der Waals surface area (Å²) in [6.45, 7) is 6.25. The number of pyridine rings is 1. The zero-order chi connectivity index (χ0) is 18.0. The number of rotatable bonds is 4. The predicted octanol–water partition coefficient (Wildman–Crippen LogP) is 3.96. The van der Waals surface area contributed by atoms with Gasteiger partial charge in [-0.05, 0) is 43.5 Å². The number of fused-ring (bicyclic) bond motifs is 1. The number of nitrogens with one attached hydrogen (secondary N) is 1. The third kappa shape index (κ3) is 3.48. The zero-order valence-electron chi connectivity index (χ0n) is 14.8. The summed E-state index contributed by atoms with van der Waals surface area (Å²) >= 11 is 0. The minimum atomic E-state index is -0.0940. The summed E-state index contributed by atoms with van der Waals surface area (Å²) in [6, 6.07) is 15.3. The van der Waals surface area contributed by atoms with Gasteiger partial charge in [-0.25, -0.2) is 0 Å². The van der Waals surface area contributed by atoms with Gasteiger partial charge in [-0.2, -0.15) is 0 Å². The highest BCUT2D eigenvalue weighted by Crippen LogP contribution is 2.20. The van der Waals surface area contributed by atoms with E-state index in [4.69, 9.17) is 0 Å². The first-order valence-electron chi connectivity index (χ1n) is 8.42. The van der Waals surface area contributed by atoms with Gasteiger partial charge in [-0.15, -0.1) is 0 Å². The molecule has 0 bridgehead atoms. The first-order valence-corrected chi connectivity index (χ1v) is 8.42. The quantitative estimate of drug-likeness (QED) is 0.785. The number of hydrogen-bond donors (Lipinski definition) is 1. The topological polar surface area (TPSA) is 51.1 Å². The van der Waals surface area contributed by atoms with Crippen molar-refractivity contribution in [2.45, 2.75) is 33.7 Å². The van der Waals surface area contributed by atoms with Gasteiger partial charge in [-0.3, -0.25) is 9.59 Å². The van der Waals surface area contributed by atoms with E-state index < -0.39 is 0 Å². The van der Waals surface area contributed by atoms with Gasteiger partial charge in [0.15, 0.2) is 0 Å². The number of hydrogen-bond acceptors (Lipinski definition) is 2. The van der Waals surface area contributed by atoms with Gasteiger partial charge in [0.1, 0.15) is 0 Å². The molecule has 0 saturated carbocycles. The van der Waals surface area contributed by atoms with Gasteiger partial charge in [0.25, 0.3) is 5.56 Å². The molecule has 25 heavy (non-hydrogen) atoms. The molecule has 0 aliphatic rings. The highest BCUT2D eigenvalue weighted by atomic mass is 16.1. The van der Waals surface area contributed by atoms with Crippen molar-refractivity contribution < 1.29 is 4.79 Å². The molecule has 128 valence electrons. The largest absolute Gasteiger partial charge is 0.326 e. The van der Waals surface area contributed by atoms with Crippen molar-refractivity contribution in [2.75, 3.05) is 5.32 Å². The molecule has 1 amide bonds. The predicted molar refractivity (Wildman–Crippen MR) is 102 cm³/mol. The van der Waals surface area contributed by atoms with Crippen LogP contribution in [0.2, 0.25) is 0 Å². The summed E-state index contributed by atoms with van der Waals surface area (Å²) in [5.74, 6) is -0.0940. The molecule has 0 fully saturated rings. The van der Waals surface area contributed by atoms with Crippen LogP contribution in [0.3, 0.4) is 0 Å². The third-order valence-corrected chi connectivity index (χ3v) is 4.52. The molecule has 0 spiro atoms. The molecular formula is C21H22N2O2. The van der Waals surface area contributed by atoms with Crippen LogP contribution in [0.5, 0.6) is 0 Å². The lowest BCUT2D eigenvalue weighted by molar-refractivity contribution is -0.116. The summed E-state index contributed by atoms with van der Waals surface area (Å²) in [4.78, 5) is 24.8. The van der Waals surface area contributed by atoms with Crippen molar-refractivity contribution in [3.8, 4) is 0 Å². The lowest BCUT2D eigenvalue weighted by atomic mass is 10.1. The van der Waals surface area contributed by atoms with Crippen LogP contribution in [-0.4, -0.2) is 10.5 Å². The lowest BCUT2D eigenvalue weighted by Crippen LogP contribution is -2.24. The molecule has 0 aliphatic heterocycles. The van der Waals surface area contributed by atoms with Gasteiger partial charge in [-0.1, -0.05) is 36.4 Å². The smallest absolute Gasteiger partial charge is 0.251 e. The van der Waals surface area contributed by atoms with Gasteiger partial charge in [0.2, 0.25) is 5.91 Å². The number of nitrogens with zero attached hydrogens (tertiary/aromatic N) is 1. The molecule has 0 unspecified atom stereocenters. The van der Waals surface area contributed by atoms with Crippen molar-refractivity contribution in [1.82, 2.24) is 4.57 Å². The Balaban J connectivity index is 1.85. The molecule has 2 aromatic carbocycles. The molecule has 0 aliphatic carbocycles. The Labute approximate surface area is 147 Å². The van der Waals surface area contributed by atoms with E-state index in [1.54, 1.807) is 10.6 Å². The van der Waals surface area contributed by atoms with Crippen molar-refractivity contribution in [3.63, 3.8) is 0 Å². The van der Waals surface area contributed by atoms with E-state index in [1.807, 2.05) is 63.2 Å². The molecule has 0 atom stereocenters. The van der Waals surface area contributed by atoms with Crippen LogP contribution in [0.25, 0.3) is 10.9 Å². The van der Waals surface area contributed by atoms with Crippen molar-refractivity contribution in [2.24, 2.45) is 0 Å². The highest BCUT2D eigenvalue weighted by Gasteiger charge is 2.11. The van der Waals surface area contributed by atoms with Gasteiger partial charge >= 0.3 is 0 Å². The second-order valence-electron chi connectivity index (χ2n) is 6.40. The minimum Gasteiger partial charge on any atom is -0.326 e. The monoisotopic (exact) mass is 334 g/mol. The summed E-state index contributed by atoms with van der Waals surface area (Å²) in [5.41, 5.74) is 4.68. The van der Waals surface area contributed by atoms with Crippen LogP contribution in [0.4, 0.5) is 5.69 Å². The second kappa shape index (κ2) is 6.93. The number of benzene rings is 2. The molecule has 4 nitrogen and oxygen atoms in total. The number of carbonyl (C=O) groups is 1. The van der Waals surface area contributed by atoms with E-state index in [0.29, 0.717) is 6.54 Å². The number of para-hydroxylation sites is 2. The van der Waals surface area contributed by atoms with Crippen molar-refractivity contribution in [3.05, 3.63) is 75.6 Å². The number of amides is 1. The Hall–Kier alpha value is -2.88. The molecule has 3 rings (SSSR count). The van der Waals surface area contributed by atoms with Crippen molar-refractivity contribution >= 4 is 22.5 Å². The first-order chi connectivity index (χ1) is 12.0. The molecule has 1 N–H and O–H groups in total. The van der Waals surface area contributed by atoms with Gasteiger partial charge in [0, 0.05) is 30.1 Å².